The van der Waals surface area contributed by atoms with Crippen molar-refractivity contribution in [3.63, 3.8) is 0 Å². The van der Waals surface area contributed by atoms with E-state index in [4.69, 9.17) is 13.9 Å². The topological polar surface area (TPSA) is 136 Å². The highest BCUT2D eigenvalue weighted by molar-refractivity contribution is 7.92. The molecule has 1 aromatic heterocycles. The number of ether oxygens (including phenoxy) is 2. The summed E-state index contributed by atoms with van der Waals surface area (Å²) in [6, 6.07) is 12.8. The summed E-state index contributed by atoms with van der Waals surface area (Å²) in [5.74, 6) is 0.0373. The van der Waals surface area contributed by atoms with Crippen molar-refractivity contribution in [2.45, 2.75) is 24.3 Å². The average Bonchev–Trinajstić information content (AvgIpc) is 3.25. The van der Waals surface area contributed by atoms with E-state index < -0.39 is 27.9 Å². The van der Waals surface area contributed by atoms with Gasteiger partial charge in [0, 0.05) is 23.9 Å². The Morgan fingerprint density at radius 3 is 2.35 bits per heavy atom. The van der Waals surface area contributed by atoms with Gasteiger partial charge in [-0.2, -0.15) is 0 Å². The van der Waals surface area contributed by atoms with E-state index in [9.17, 15) is 18.0 Å². The molecule has 178 valence electrons. The molecule has 0 spiro atoms. The second-order valence-corrected chi connectivity index (χ2v) is 9.19. The number of anilines is 2. The molecule has 2 amide bonds. The quantitative estimate of drug-likeness (QED) is 0.468. The van der Waals surface area contributed by atoms with E-state index in [1.54, 1.807) is 24.3 Å². The van der Waals surface area contributed by atoms with Crippen LogP contribution in [0.3, 0.4) is 0 Å². The lowest BCUT2D eigenvalue weighted by molar-refractivity contribution is -0.117. The van der Waals surface area contributed by atoms with Gasteiger partial charge in [0.15, 0.2) is 17.3 Å². The van der Waals surface area contributed by atoms with Gasteiger partial charge in [-0.05, 0) is 55.5 Å². The first-order valence-corrected chi connectivity index (χ1v) is 12.0. The van der Waals surface area contributed by atoms with Crippen molar-refractivity contribution in [2.24, 2.45) is 0 Å². The highest BCUT2D eigenvalue weighted by Gasteiger charge is 2.20. The summed E-state index contributed by atoms with van der Waals surface area (Å²) in [5.41, 5.74) is 0.743. The van der Waals surface area contributed by atoms with E-state index in [0.29, 0.717) is 42.5 Å². The Labute approximate surface area is 196 Å². The first kappa shape index (κ1) is 23.2. The highest BCUT2D eigenvalue weighted by Crippen LogP contribution is 2.32. The van der Waals surface area contributed by atoms with Gasteiger partial charge in [-0.25, -0.2) is 8.42 Å². The lowest BCUT2D eigenvalue weighted by atomic mass is 10.2. The molecule has 2 heterocycles. The van der Waals surface area contributed by atoms with E-state index in [0.717, 1.165) is 0 Å². The standard InChI is InChI=1S/C23H23N3O7S/c1-15(24-23(28)20-4-2-11-32-20)22(27)25-16-5-7-17(8-6-16)26-34(29,30)18-9-10-19-21(14-18)33-13-3-12-31-19/h2,4-11,14-15,26H,3,12-13H2,1H3,(H,24,28)(H,25,27). The summed E-state index contributed by atoms with van der Waals surface area (Å²) < 4.78 is 44.2. The molecular weight excluding hydrogens is 462 g/mol. The van der Waals surface area contributed by atoms with E-state index in [1.165, 1.54) is 43.5 Å². The maximum Gasteiger partial charge on any atom is 0.287 e. The zero-order valence-corrected chi connectivity index (χ0v) is 19.1. The van der Waals surface area contributed by atoms with Gasteiger partial charge in [0.1, 0.15) is 6.04 Å². The number of rotatable bonds is 7. The molecule has 0 radical (unpaired) electrons. The monoisotopic (exact) mass is 485 g/mol. The number of carbonyl (C=O) groups is 2. The third kappa shape index (κ3) is 5.49. The summed E-state index contributed by atoms with van der Waals surface area (Å²) in [6.07, 6.45) is 2.08. The number of nitrogens with one attached hydrogen (secondary N) is 3. The van der Waals surface area contributed by atoms with Crippen molar-refractivity contribution < 1.29 is 31.9 Å². The zero-order chi connectivity index (χ0) is 24.1. The SMILES string of the molecule is CC(NC(=O)c1ccco1)C(=O)Nc1ccc(NS(=O)(=O)c2ccc3c(c2)OCCCO3)cc1. The van der Waals surface area contributed by atoms with Crippen LogP contribution in [0.2, 0.25) is 0 Å². The van der Waals surface area contributed by atoms with Crippen LogP contribution in [0.25, 0.3) is 0 Å². The predicted molar refractivity (Wildman–Crippen MR) is 124 cm³/mol. The molecule has 1 atom stereocenters. The fourth-order valence-corrected chi connectivity index (χ4v) is 4.21. The van der Waals surface area contributed by atoms with E-state index in [-0.39, 0.29) is 10.7 Å². The molecule has 2 aromatic carbocycles. The zero-order valence-electron chi connectivity index (χ0n) is 18.2. The smallest absolute Gasteiger partial charge is 0.287 e. The molecule has 0 saturated carbocycles. The minimum absolute atomic E-state index is 0.0373. The predicted octanol–water partition coefficient (Wildman–Crippen LogP) is 3.00. The largest absolute Gasteiger partial charge is 0.490 e. The number of benzene rings is 2. The molecule has 4 rings (SSSR count). The Balaban J connectivity index is 1.37. The lowest BCUT2D eigenvalue weighted by Crippen LogP contribution is -2.41. The van der Waals surface area contributed by atoms with Crippen LogP contribution >= 0.6 is 0 Å². The molecular formula is C23H23N3O7S. The summed E-state index contributed by atoms with van der Waals surface area (Å²) in [7, 11) is -3.87. The second kappa shape index (κ2) is 9.87. The molecule has 34 heavy (non-hydrogen) atoms. The summed E-state index contributed by atoms with van der Waals surface area (Å²) in [5, 5.41) is 5.20. The third-order valence-electron chi connectivity index (χ3n) is 4.92. The molecule has 0 bridgehead atoms. The van der Waals surface area contributed by atoms with Gasteiger partial charge in [0.25, 0.3) is 15.9 Å². The Morgan fingerprint density at radius 1 is 0.941 bits per heavy atom. The normalized spacial score (nSPS) is 13.9. The van der Waals surface area contributed by atoms with Gasteiger partial charge in [-0.15, -0.1) is 0 Å². The van der Waals surface area contributed by atoms with Gasteiger partial charge in [0.05, 0.1) is 24.4 Å². The molecule has 0 fully saturated rings. The summed E-state index contributed by atoms with van der Waals surface area (Å²) in [4.78, 5) is 24.4. The van der Waals surface area contributed by atoms with Crippen LogP contribution in [0.4, 0.5) is 11.4 Å². The van der Waals surface area contributed by atoms with Crippen molar-refractivity contribution in [1.82, 2.24) is 5.32 Å². The molecule has 1 aliphatic rings. The minimum Gasteiger partial charge on any atom is -0.490 e. The van der Waals surface area contributed by atoms with Crippen molar-refractivity contribution in [1.29, 1.82) is 0 Å². The maximum absolute atomic E-state index is 12.8. The van der Waals surface area contributed by atoms with Crippen molar-refractivity contribution in [3.8, 4) is 11.5 Å². The highest BCUT2D eigenvalue weighted by atomic mass is 32.2. The van der Waals surface area contributed by atoms with Gasteiger partial charge < -0.3 is 24.5 Å². The molecule has 0 saturated heterocycles. The van der Waals surface area contributed by atoms with Gasteiger partial charge >= 0.3 is 0 Å². The second-order valence-electron chi connectivity index (χ2n) is 7.50. The molecule has 0 aliphatic carbocycles. The van der Waals surface area contributed by atoms with Crippen LogP contribution in [0.5, 0.6) is 11.5 Å². The molecule has 11 heteroatoms. The number of hydrogen-bond donors (Lipinski definition) is 3. The van der Waals surface area contributed by atoms with Crippen LogP contribution in [0.1, 0.15) is 23.9 Å². The van der Waals surface area contributed by atoms with E-state index in [2.05, 4.69) is 15.4 Å². The third-order valence-corrected chi connectivity index (χ3v) is 6.30. The van der Waals surface area contributed by atoms with Gasteiger partial charge in [-0.1, -0.05) is 0 Å². The molecule has 3 N–H and O–H groups in total. The summed E-state index contributed by atoms with van der Waals surface area (Å²) in [6.45, 7) is 2.49. The number of fused-ring (bicyclic) bond motifs is 1. The number of hydrogen-bond acceptors (Lipinski definition) is 7. The van der Waals surface area contributed by atoms with Crippen molar-refractivity contribution in [3.05, 3.63) is 66.6 Å². The maximum atomic E-state index is 12.8. The first-order valence-electron chi connectivity index (χ1n) is 10.5. The fourth-order valence-electron chi connectivity index (χ4n) is 3.14. The molecule has 1 aliphatic heterocycles. The van der Waals surface area contributed by atoms with Gasteiger partial charge in [0.2, 0.25) is 5.91 Å². The van der Waals surface area contributed by atoms with Crippen molar-refractivity contribution in [2.75, 3.05) is 23.3 Å². The Morgan fingerprint density at radius 2 is 1.65 bits per heavy atom. The number of sulfonamides is 1. The lowest BCUT2D eigenvalue weighted by Gasteiger charge is -2.14. The molecule has 1 unspecified atom stereocenters. The van der Waals surface area contributed by atoms with Gasteiger partial charge in [-0.3, -0.25) is 14.3 Å². The Kier molecular flexibility index (Phi) is 6.73. The van der Waals surface area contributed by atoms with Crippen LogP contribution in [0, 0.1) is 0 Å². The number of carbonyl (C=O) groups excluding carboxylic acids is 2. The molecule has 10 nitrogen and oxygen atoms in total. The minimum atomic E-state index is -3.87. The van der Waals surface area contributed by atoms with Crippen LogP contribution in [0.15, 0.2) is 70.2 Å². The number of amides is 2. The van der Waals surface area contributed by atoms with Crippen LogP contribution in [-0.4, -0.2) is 39.5 Å². The Hall–Kier alpha value is -3.99. The Bertz CT molecular complexity index is 1270. The summed E-state index contributed by atoms with van der Waals surface area (Å²) >= 11 is 0. The van der Waals surface area contributed by atoms with Crippen LogP contribution in [-0.2, 0) is 14.8 Å². The number of furan rings is 1. The van der Waals surface area contributed by atoms with Crippen molar-refractivity contribution >= 4 is 33.2 Å². The first-order chi connectivity index (χ1) is 16.3. The van der Waals surface area contributed by atoms with E-state index in [1.807, 2.05) is 0 Å². The fraction of sp³-hybridized carbons (Fsp3) is 0.217. The van der Waals surface area contributed by atoms with E-state index >= 15 is 0 Å². The molecule has 3 aromatic rings. The average molecular weight is 486 g/mol. The van der Waals surface area contributed by atoms with Crippen LogP contribution < -0.4 is 24.8 Å².